The van der Waals surface area contributed by atoms with E-state index < -0.39 is 10.0 Å². The van der Waals surface area contributed by atoms with Crippen LogP contribution in [0.2, 0.25) is 0 Å². The van der Waals surface area contributed by atoms with E-state index in [-0.39, 0.29) is 18.5 Å². The van der Waals surface area contributed by atoms with E-state index in [1.807, 2.05) is 58.9 Å². The minimum Gasteiger partial charge on any atom is -0.348 e. The zero-order chi connectivity index (χ0) is 21.9. The summed E-state index contributed by atoms with van der Waals surface area (Å²) in [5.74, 6) is -0.320. The van der Waals surface area contributed by atoms with Crippen LogP contribution in [0, 0.1) is 34.6 Å². The van der Waals surface area contributed by atoms with Gasteiger partial charge in [0.05, 0.1) is 18.0 Å². The van der Waals surface area contributed by atoms with Crippen LogP contribution in [0.15, 0.2) is 30.3 Å². The molecule has 1 amide bonds. The molecule has 0 aliphatic rings. The Hall–Kier alpha value is -2.34. The van der Waals surface area contributed by atoms with Gasteiger partial charge in [0, 0.05) is 0 Å². The van der Waals surface area contributed by atoms with E-state index in [0.29, 0.717) is 5.69 Å². The molecule has 0 aromatic heterocycles. The van der Waals surface area contributed by atoms with Gasteiger partial charge in [-0.25, -0.2) is 8.42 Å². The summed E-state index contributed by atoms with van der Waals surface area (Å²) in [6, 6.07) is 9.83. The molecule has 0 radical (unpaired) electrons. The lowest BCUT2D eigenvalue weighted by molar-refractivity contribution is -0.120. The zero-order valence-corrected chi connectivity index (χ0v) is 19.3. The van der Waals surface area contributed by atoms with Crippen LogP contribution >= 0.6 is 0 Å². The van der Waals surface area contributed by atoms with Gasteiger partial charge in [0.25, 0.3) is 0 Å². The summed E-state index contributed by atoms with van der Waals surface area (Å²) in [7, 11) is -3.62. The Labute approximate surface area is 175 Å². The molecule has 0 spiro atoms. The number of hydrogen-bond acceptors (Lipinski definition) is 3. The van der Waals surface area contributed by atoms with Gasteiger partial charge in [0.2, 0.25) is 15.9 Å². The number of carbonyl (C=O) groups is 1. The van der Waals surface area contributed by atoms with Crippen molar-refractivity contribution >= 4 is 21.6 Å². The van der Waals surface area contributed by atoms with E-state index in [2.05, 4.69) is 18.3 Å². The van der Waals surface area contributed by atoms with Crippen LogP contribution in [0.4, 0.5) is 5.69 Å². The second-order valence-electron chi connectivity index (χ2n) is 7.89. The highest BCUT2D eigenvalue weighted by molar-refractivity contribution is 7.92. The van der Waals surface area contributed by atoms with Crippen LogP contribution in [-0.2, 0) is 14.8 Å². The highest BCUT2D eigenvalue weighted by Crippen LogP contribution is 2.28. The van der Waals surface area contributed by atoms with E-state index in [1.165, 1.54) is 15.4 Å². The van der Waals surface area contributed by atoms with Crippen molar-refractivity contribution in [3.8, 4) is 0 Å². The number of anilines is 1. The first-order valence-corrected chi connectivity index (χ1v) is 11.7. The lowest BCUT2D eigenvalue weighted by Crippen LogP contribution is -2.42. The summed E-state index contributed by atoms with van der Waals surface area (Å²) in [5.41, 5.74) is 6.69. The SMILES string of the molecule is CC[C@@H](NC(=O)CN(c1c(C)cc(C)cc1C)S(C)(=O)=O)c1ccc(C)c(C)c1. The molecule has 0 fully saturated rings. The standard InChI is InChI=1S/C23H32N2O3S/c1-8-21(20-10-9-16(3)17(4)13-20)24-22(26)14-25(29(7,27)28)23-18(5)11-15(2)12-19(23)6/h9-13,21H,8,14H2,1-7H3,(H,24,26)/t21-/m1/s1. The Morgan fingerprint density at radius 2 is 1.55 bits per heavy atom. The molecule has 2 rings (SSSR count). The molecular weight excluding hydrogens is 384 g/mol. The molecule has 0 heterocycles. The van der Waals surface area contributed by atoms with Crippen LogP contribution in [0.5, 0.6) is 0 Å². The predicted octanol–water partition coefficient (Wildman–Crippen LogP) is 4.26. The number of nitrogens with zero attached hydrogens (tertiary/aromatic N) is 1. The Kier molecular flexibility index (Phi) is 7.11. The van der Waals surface area contributed by atoms with Crippen LogP contribution < -0.4 is 9.62 Å². The van der Waals surface area contributed by atoms with Crippen molar-refractivity contribution in [3.63, 3.8) is 0 Å². The van der Waals surface area contributed by atoms with Gasteiger partial charge in [-0.05, 0) is 68.9 Å². The van der Waals surface area contributed by atoms with Crippen LogP contribution in [-0.4, -0.2) is 27.1 Å². The lowest BCUT2D eigenvalue weighted by atomic mass is 9.99. The summed E-state index contributed by atoms with van der Waals surface area (Å²) in [6.45, 7) is 11.6. The molecule has 0 aliphatic heterocycles. The number of amides is 1. The molecule has 6 heteroatoms. The maximum absolute atomic E-state index is 12.8. The van der Waals surface area contributed by atoms with Gasteiger partial charge in [-0.3, -0.25) is 9.10 Å². The minimum absolute atomic E-state index is 0.163. The molecule has 5 nitrogen and oxygen atoms in total. The largest absolute Gasteiger partial charge is 0.348 e. The molecule has 2 aromatic carbocycles. The Morgan fingerprint density at radius 3 is 2.03 bits per heavy atom. The van der Waals surface area contributed by atoms with Gasteiger partial charge in [0.15, 0.2) is 0 Å². The molecule has 158 valence electrons. The van der Waals surface area contributed by atoms with Gasteiger partial charge in [-0.1, -0.05) is 42.8 Å². The molecule has 1 atom stereocenters. The molecule has 0 saturated carbocycles. The molecule has 0 aliphatic carbocycles. The first-order chi connectivity index (χ1) is 13.4. The number of benzene rings is 2. The predicted molar refractivity (Wildman–Crippen MR) is 120 cm³/mol. The van der Waals surface area contributed by atoms with Gasteiger partial charge in [-0.2, -0.15) is 0 Å². The first kappa shape index (κ1) is 22.9. The molecule has 29 heavy (non-hydrogen) atoms. The summed E-state index contributed by atoms with van der Waals surface area (Å²) in [5, 5.41) is 3.01. The fourth-order valence-electron chi connectivity index (χ4n) is 3.70. The highest BCUT2D eigenvalue weighted by Gasteiger charge is 2.25. The van der Waals surface area contributed by atoms with E-state index in [4.69, 9.17) is 0 Å². The topological polar surface area (TPSA) is 66.5 Å². The quantitative estimate of drug-likeness (QED) is 0.733. The third-order valence-corrected chi connectivity index (χ3v) is 6.36. The number of carbonyl (C=O) groups excluding carboxylic acids is 1. The van der Waals surface area contributed by atoms with Crippen LogP contribution in [0.25, 0.3) is 0 Å². The number of nitrogens with one attached hydrogen (secondary N) is 1. The Morgan fingerprint density at radius 1 is 0.966 bits per heavy atom. The van der Waals surface area contributed by atoms with E-state index in [0.717, 1.165) is 34.9 Å². The Bertz CT molecular complexity index is 990. The number of rotatable bonds is 7. The van der Waals surface area contributed by atoms with Gasteiger partial charge < -0.3 is 5.32 Å². The van der Waals surface area contributed by atoms with Crippen molar-refractivity contribution in [1.29, 1.82) is 0 Å². The maximum atomic E-state index is 12.8. The fraction of sp³-hybridized carbons (Fsp3) is 0.435. The fourth-order valence-corrected chi connectivity index (χ4v) is 4.67. The smallest absolute Gasteiger partial charge is 0.241 e. The number of sulfonamides is 1. The van der Waals surface area contributed by atoms with Crippen molar-refractivity contribution in [1.82, 2.24) is 5.32 Å². The van der Waals surface area contributed by atoms with Crippen LogP contribution in [0.3, 0.4) is 0 Å². The van der Waals surface area contributed by atoms with Crippen molar-refractivity contribution in [3.05, 3.63) is 63.7 Å². The van der Waals surface area contributed by atoms with Crippen LogP contribution in [0.1, 0.15) is 52.8 Å². The van der Waals surface area contributed by atoms with Crippen molar-refractivity contribution < 1.29 is 13.2 Å². The monoisotopic (exact) mass is 416 g/mol. The molecule has 0 saturated heterocycles. The van der Waals surface area contributed by atoms with Crippen molar-refractivity contribution in [2.45, 2.75) is 54.0 Å². The zero-order valence-electron chi connectivity index (χ0n) is 18.5. The molecular formula is C23H32N2O3S. The molecule has 2 aromatic rings. The second kappa shape index (κ2) is 8.99. The summed E-state index contributed by atoms with van der Waals surface area (Å²) in [4.78, 5) is 12.8. The number of aryl methyl sites for hydroxylation is 5. The van der Waals surface area contributed by atoms with Gasteiger partial charge >= 0.3 is 0 Å². The number of hydrogen-bond donors (Lipinski definition) is 1. The summed E-state index contributed by atoms with van der Waals surface area (Å²) >= 11 is 0. The van der Waals surface area contributed by atoms with Gasteiger partial charge in [0.1, 0.15) is 6.54 Å². The average molecular weight is 417 g/mol. The normalized spacial score (nSPS) is 12.5. The molecule has 1 N–H and O–H groups in total. The van der Waals surface area contributed by atoms with E-state index >= 15 is 0 Å². The third-order valence-electron chi connectivity index (χ3n) is 5.25. The highest BCUT2D eigenvalue weighted by atomic mass is 32.2. The minimum atomic E-state index is -3.62. The van der Waals surface area contributed by atoms with Crippen molar-refractivity contribution in [2.75, 3.05) is 17.1 Å². The third kappa shape index (κ3) is 5.60. The van der Waals surface area contributed by atoms with Gasteiger partial charge in [-0.15, -0.1) is 0 Å². The first-order valence-electron chi connectivity index (χ1n) is 9.86. The average Bonchev–Trinajstić information content (AvgIpc) is 2.59. The van der Waals surface area contributed by atoms with E-state index in [9.17, 15) is 13.2 Å². The lowest BCUT2D eigenvalue weighted by Gasteiger charge is -2.27. The summed E-state index contributed by atoms with van der Waals surface area (Å²) < 4.78 is 26.2. The van der Waals surface area contributed by atoms with E-state index in [1.54, 1.807) is 0 Å². The Balaban J connectivity index is 2.30. The maximum Gasteiger partial charge on any atom is 0.241 e. The molecule has 0 unspecified atom stereocenters. The van der Waals surface area contributed by atoms with Crippen molar-refractivity contribution in [2.24, 2.45) is 0 Å². The molecule has 0 bridgehead atoms. The second-order valence-corrected chi connectivity index (χ2v) is 9.80. The summed E-state index contributed by atoms with van der Waals surface area (Å²) in [6.07, 6.45) is 1.86.